The van der Waals surface area contributed by atoms with Crippen molar-refractivity contribution in [2.24, 2.45) is 10.9 Å². The summed E-state index contributed by atoms with van der Waals surface area (Å²) in [4.78, 5) is 42.9. The monoisotopic (exact) mass is 361 g/mol. The third-order valence-corrected chi connectivity index (χ3v) is 4.71. The number of carbonyl (C=O) groups excluding carboxylic acids is 3. The fourth-order valence-electron chi connectivity index (χ4n) is 3.29. The Kier molecular flexibility index (Phi) is 5.72. The topological polar surface area (TPSA) is 83.3 Å². The molecule has 2 N–H and O–H groups in total. The molecule has 0 unspecified atom stereocenters. The number of halogens is 1. The van der Waals surface area contributed by atoms with E-state index in [9.17, 15) is 18.8 Å². The summed E-state index contributed by atoms with van der Waals surface area (Å²) in [7, 11) is 0. The van der Waals surface area contributed by atoms with E-state index in [0.717, 1.165) is 25.7 Å². The number of nitrogens with zero attached hydrogens (tertiary/aromatic N) is 2. The van der Waals surface area contributed by atoms with E-state index in [-0.39, 0.29) is 5.69 Å². The maximum Gasteiger partial charge on any atom is 0.335 e. The summed E-state index contributed by atoms with van der Waals surface area (Å²) < 4.78 is 14.0. The zero-order valence-corrected chi connectivity index (χ0v) is 14.4. The van der Waals surface area contributed by atoms with Gasteiger partial charge in [0.05, 0.1) is 31.9 Å². The third kappa shape index (κ3) is 3.96. The Morgan fingerprint density at radius 1 is 1.19 bits per heavy atom. The van der Waals surface area contributed by atoms with E-state index >= 15 is 0 Å². The number of amides is 4. The number of imide groups is 2. The van der Waals surface area contributed by atoms with Crippen LogP contribution in [0.2, 0.25) is 0 Å². The highest BCUT2D eigenvalue weighted by atomic mass is 19.1. The number of piperidine rings is 1. The second-order valence-corrected chi connectivity index (χ2v) is 6.51. The second-order valence-electron chi connectivity index (χ2n) is 6.51. The predicted molar refractivity (Wildman–Crippen MR) is 93.7 cm³/mol. The summed E-state index contributed by atoms with van der Waals surface area (Å²) in [5.74, 6) is -3.47. The van der Waals surface area contributed by atoms with Crippen LogP contribution in [0.3, 0.4) is 0 Å². The molecule has 0 radical (unpaired) electrons. The van der Waals surface area contributed by atoms with Gasteiger partial charge in [-0.05, 0) is 31.4 Å². The maximum absolute atomic E-state index is 14.0. The van der Waals surface area contributed by atoms with Crippen LogP contribution in [0.4, 0.5) is 14.9 Å². The van der Waals surface area contributed by atoms with Crippen LogP contribution in [0.5, 0.6) is 0 Å². The van der Waals surface area contributed by atoms with E-state index < -0.39 is 29.6 Å². The number of aliphatic imine (C=N–C) groups is 1. The molecule has 2 heterocycles. The van der Waals surface area contributed by atoms with Gasteiger partial charge in [-0.2, -0.15) is 0 Å². The first-order chi connectivity index (χ1) is 12.6. The number of benzene rings is 1. The van der Waals surface area contributed by atoms with Gasteiger partial charge < -0.3 is 4.90 Å². The molecule has 2 saturated heterocycles. The number of quaternary nitrogens is 1. The van der Waals surface area contributed by atoms with Crippen LogP contribution in [0.15, 0.2) is 29.3 Å². The number of anilines is 1. The molecule has 0 aliphatic carbocycles. The molecule has 0 spiro atoms. The minimum Gasteiger partial charge on any atom is -0.333 e. The smallest absolute Gasteiger partial charge is 0.333 e. The molecular weight excluding hydrogens is 339 g/mol. The lowest BCUT2D eigenvalue weighted by molar-refractivity contribution is -0.903. The molecule has 1 aromatic rings. The van der Waals surface area contributed by atoms with Crippen molar-refractivity contribution < 1.29 is 23.7 Å². The highest BCUT2D eigenvalue weighted by Gasteiger charge is 2.41. The summed E-state index contributed by atoms with van der Waals surface area (Å²) in [6.07, 6.45) is 4.95. The minimum absolute atomic E-state index is 0.182. The molecule has 0 bridgehead atoms. The zero-order valence-electron chi connectivity index (χ0n) is 14.4. The Morgan fingerprint density at radius 2 is 1.92 bits per heavy atom. The number of urea groups is 1. The quantitative estimate of drug-likeness (QED) is 0.579. The predicted octanol–water partition coefficient (Wildman–Crippen LogP) is 0.164. The van der Waals surface area contributed by atoms with Crippen LogP contribution >= 0.6 is 0 Å². The minimum atomic E-state index is -1.23. The van der Waals surface area contributed by atoms with Gasteiger partial charge in [0.15, 0.2) is 5.92 Å². The van der Waals surface area contributed by atoms with Gasteiger partial charge in [0.1, 0.15) is 5.82 Å². The van der Waals surface area contributed by atoms with Crippen LogP contribution in [0.25, 0.3) is 0 Å². The van der Waals surface area contributed by atoms with Gasteiger partial charge in [-0.3, -0.25) is 19.9 Å². The molecule has 8 heteroatoms. The Balaban J connectivity index is 1.67. The van der Waals surface area contributed by atoms with E-state index in [1.165, 1.54) is 48.6 Å². The molecule has 1 aromatic carbocycles. The molecule has 0 saturated carbocycles. The fourth-order valence-corrected chi connectivity index (χ4v) is 3.29. The van der Waals surface area contributed by atoms with Crippen LogP contribution in [-0.2, 0) is 9.59 Å². The largest absolute Gasteiger partial charge is 0.335 e. The molecule has 2 fully saturated rings. The van der Waals surface area contributed by atoms with Gasteiger partial charge in [-0.25, -0.2) is 14.1 Å². The molecule has 2 aliphatic rings. The first kappa shape index (κ1) is 18.2. The normalized spacial score (nSPS) is 22.1. The number of nitrogens with one attached hydrogen (secondary N) is 2. The summed E-state index contributed by atoms with van der Waals surface area (Å²) in [6, 6.07) is 4.48. The van der Waals surface area contributed by atoms with E-state index in [1.807, 2.05) is 0 Å². The molecule has 138 valence electrons. The molecule has 2 aliphatic heterocycles. The molecule has 1 atom stereocenters. The van der Waals surface area contributed by atoms with E-state index in [0.29, 0.717) is 11.4 Å². The van der Waals surface area contributed by atoms with E-state index in [2.05, 4.69) is 10.3 Å². The summed E-state index contributed by atoms with van der Waals surface area (Å²) in [5.41, 5.74) is -0.182. The molecule has 4 amide bonds. The van der Waals surface area contributed by atoms with Gasteiger partial charge in [0.2, 0.25) is 5.91 Å². The van der Waals surface area contributed by atoms with Crippen LogP contribution in [0, 0.1) is 11.7 Å². The van der Waals surface area contributed by atoms with Crippen LogP contribution in [-0.4, -0.2) is 50.2 Å². The standard InChI is InChI=1S/C18H21FN4O3/c19-14-6-2-3-7-15(14)23-17(25)13(16(24)21-18(23)26)12-20-8-11-22-9-4-1-5-10-22/h2-3,6-7,12-13H,1,4-5,8-11H2,(H,21,24,26)/p+1/t13-/m0/s1. The van der Waals surface area contributed by atoms with Crippen molar-refractivity contribution in [3.05, 3.63) is 30.1 Å². The maximum atomic E-state index is 14.0. The summed E-state index contributed by atoms with van der Waals surface area (Å²) >= 11 is 0. The van der Waals surface area contributed by atoms with Crippen LogP contribution in [0.1, 0.15) is 19.3 Å². The van der Waals surface area contributed by atoms with E-state index in [4.69, 9.17) is 0 Å². The number of carbonyl (C=O) groups is 3. The Hall–Kier alpha value is -2.61. The molecule has 26 heavy (non-hydrogen) atoms. The van der Waals surface area contributed by atoms with Crippen molar-refractivity contribution in [1.29, 1.82) is 0 Å². The first-order valence-corrected chi connectivity index (χ1v) is 8.85. The Bertz CT molecular complexity index is 731. The number of likely N-dealkylation sites (tertiary alicyclic amines) is 1. The lowest BCUT2D eigenvalue weighted by Crippen LogP contribution is -3.13. The lowest BCUT2D eigenvalue weighted by atomic mass is 10.1. The van der Waals surface area contributed by atoms with Crippen molar-refractivity contribution in [1.82, 2.24) is 5.32 Å². The number of hydrogen-bond acceptors (Lipinski definition) is 4. The Labute approximate surface area is 150 Å². The molecular formula is C18H22FN4O3+. The van der Waals surface area contributed by atoms with Crippen molar-refractivity contribution in [2.45, 2.75) is 19.3 Å². The van der Waals surface area contributed by atoms with Crippen molar-refractivity contribution in [2.75, 3.05) is 31.1 Å². The van der Waals surface area contributed by atoms with Gasteiger partial charge in [0.25, 0.3) is 5.91 Å². The van der Waals surface area contributed by atoms with Gasteiger partial charge in [-0.1, -0.05) is 12.1 Å². The van der Waals surface area contributed by atoms with Gasteiger partial charge in [-0.15, -0.1) is 0 Å². The highest BCUT2D eigenvalue weighted by Crippen LogP contribution is 2.23. The number of barbiturate groups is 1. The SMILES string of the molecule is O=C1NC(=O)N(c2ccccc2F)C(=O)[C@H]1C=NCC[NH+]1CCCCC1. The Morgan fingerprint density at radius 3 is 2.65 bits per heavy atom. The van der Waals surface area contributed by atoms with E-state index in [1.54, 1.807) is 0 Å². The third-order valence-electron chi connectivity index (χ3n) is 4.71. The number of para-hydroxylation sites is 1. The van der Waals surface area contributed by atoms with Crippen molar-refractivity contribution in [3.63, 3.8) is 0 Å². The molecule has 7 nitrogen and oxygen atoms in total. The van der Waals surface area contributed by atoms with Crippen molar-refractivity contribution >= 4 is 29.7 Å². The van der Waals surface area contributed by atoms with Gasteiger partial charge >= 0.3 is 6.03 Å². The number of hydrogen-bond donors (Lipinski definition) is 2. The van der Waals surface area contributed by atoms with Crippen LogP contribution < -0.4 is 15.1 Å². The average Bonchev–Trinajstić information content (AvgIpc) is 2.63. The molecule has 3 rings (SSSR count). The first-order valence-electron chi connectivity index (χ1n) is 8.85. The highest BCUT2D eigenvalue weighted by molar-refractivity contribution is 6.32. The van der Waals surface area contributed by atoms with Crippen molar-refractivity contribution in [3.8, 4) is 0 Å². The summed E-state index contributed by atoms with van der Waals surface area (Å²) in [5, 5.41) is 2.09. The average molecular weight is 361 g/mol. The van der Waals surface area contributed by atoms with Gasteiger partial charge in [0, 0.05) is 6.21 Å². The fraction of sp³-hybridized carbons (Fsp3) is 0.444. The zero-order chi connectivity index (χ0) is 18.5. The summed E-state index contributed by atoms with van der Waals surface area (Å²) in [6.45, 7) is 3.58. The number of rotatable bonds is 5. The molecule has 0 aromatic heterocycles. The lowest BCUT2D eigenvalue weighted by Gasteiger charge is -2.28. The second kappa shape index (κ2) is 8.18.